The zero-order chi connectivity index (χ0) is 13.8. The van der Waals surface area contributed by atoms with E-state index in [-0.39, 0.29) is 16.8 Å². The molecule has 1 aromatic rings. The number of aliphatic hydroxyl groups excluding tert-OH is 1. The molecule has 3 unspecified atom stereocenters. The van der Waals surface area contributed by atoms with E-state index in [1.165, 1.54) is 7.11 Å². The Bertz CT molecular complexity index is 428. The van der Waals surface area contributed by atoms with Crippen LogP contribution < -0.4 is 4.74 Å². The highest BCUT2D eigenvalue weighted by molar-refractivity contribution is 8.07. The summed E-state index contributed by atoms with van der Waals surface area (Å²) in [7, 11) is 1.45. The topological polar surface area (TPSA) is 29.5 Å². The van der Waals surface area contributed by atoms with Gasteiger partial charge in [-0.05, 0) is 11.6 Å². The Morgan fingerprint density at radius 3 is 2.84 bits per heavy atom. The minimum Gasteiger partial charge on any atom is -0.494 e. The zero-order valence-corrected chi connectivity index (χ0v) is 12.8. The lowest BCUT2D eigenvalue weighted by Crippen LogP contribution is -2.36. The Balaban J connectivity index is 2.08. The second kappa shape index (κ2) is 6.86. The van der Waals surface area contributed by atoms with Crippen molar-refractivity contribution in [3.63, 3.8) is 0 Å². The van der Waals surface area contributed by atoms with Crippen LogP contribution >= 0.6 is 23.5 Å². The first kappa shape index (κ1) is 15.0. The Morgan fingerprint density at radius 1 is 1.42 bits per heavy atom. The van der Waals surface area contributed by atoms with Gasteiger partial charge in [0.15, 0.2) is 11.6 Å². The first-order valence-corrected chi connectivity index (χ1v) is 8.46. The van der Waals surface area contributed by atoms with Gasteiger partial charge in [0.1, 0.15) is 0 Å². The molecule has 2 nitrogen and oxygen atoms in total. The third-order valence-corrected chi connectivity index (χ3v) is 6.55. The van der Waals surface area contributed by atoms with Crippen molar-refractivity contribution in [2.75, 3.05) is 18.6 Å². The number of hydrogen-bond donors (Lipinski definition) is 1. The van der Waals surface area contributed by atoms with Crippen molar-refractivity contribution >= 4 is 23.5 Å². The summed E-state index contributed by atoms with van der Waals surface area (Å²) >= 11 is 3.67. The van der Waals surface area contributed by atoms with Crippen LogP contribution in [-0.4, -0.2) is 40.3 Å². The maximum atomic E-state index is 14.0. The first-order valence-electron chi connectivity index (χ1n) is 6.36. The van der Waals surface area contributed by atoms with Crippen LogP contribution in [0.4, 0.5) is 4.39 Å². The molecule has 3 atom stereocenters. The molecule has 1 aliphatic rings. The van der Waals surface area contributed by atoms with E-state index in [1.54, 1.807) is 30.0 Å². The largest absolute Gasteiger partial charge is 0.494 e. The maximum Gasteiger partial charge on any atom is 0.168 e. The summed E-state index contributed by atoms with van der Waals surface area (Å²) in [5, 5.41) is 10.9. The number of benzene rings is 1. The van der Waals surface area contributed by atoms with Gasteiger partial charge in [-0.2, -0.15) is 23.5 Å². The number of rotatable bonds is 4. The van der Waals surface area contributed by atoms with Crippen molar-refractivity contribution in [1.82, 2.24) is 0 Å². The summed E-state index contributed by atoms with van der Waals surface area (Å²) in [5.74, 6) is 2.06. The molecule has 1 aromatic carbocycles. The molecule has 1 heterocycles. The number of ether oxygens (including phenoxy) is 1. The van der Waals surface area contributed by atoms with Gasteiger partial charge in [-0.3, -0.25) is 0 Å². The Hall–Kier alpha value is -0.390. The molecule has 1 saturated heterocycles. The molecule has 106 valence electrons. The van der Waals surface area contributed by atoms with Crippen LogP contribution in [0.3, 0.4) is 0 Å². The molecule has 0 amide bonds. The molecule has 5 heteroatoms. The Kier molecular flexibility index (Phi) is 5.42. The number of halogens is 1. The molecule has 0 aromatic heterocycles. The van der Waals surface area contributed by atoms with E-state index in [0.29, 0.717) is 17.2 Å². The average molecular weight is 302 g/mol. The molecule has 0 aliphatic carbocycles. The molecule has 1 N–H and O–H groups in total. The minimum atomic E-state index is -0.519. The van der Waals surface area contributed by atoms with Crippen LogP contribution in [0.15, 0.2) is 18.2 Å². The summed E-state index contributed by atoms with van der Waals surface area (Å²) in [4.78, 5) is 0. The van der Waals surface area contributed by atoms with Crippen molar-refractivity contribution in [3.05, 3.63) is 29.6 Å². The number of aliphatic hydroxyl groups is 1. The normalized spacial score (nSPS) is 25.1. The molecule has 1 aliphatic heterocycles. The highest BCUT2D eigenvalue weighted by Gasteiger charge is 2.29. The second-order valence-corrected chi connectivity index (χ2v) is 7.39. The molecule has 2 rings (SSSR count). The molecule has 0 bridgehead atoms. The lowest BCUT2D eigenvalue weighted by atomic mass is 10.0. The van der Waals surface area contributed by atoms with E-state index in [1.807, 2.05) is 11.8 Å². The predicted molar refractivity (Wildman–Crippen MR) is 80.8 cm³/mol. The summed E-state index contributed by atoms with van der Waals surface area (Å²) in [5.41, 5.74) is 0.523. The summed E-state index contributed by atoms with van der Waals surface area (Å²) in [6.07, 6.45) is -0.180. The summed E-state index contributed by atoms with van der Waals surface area (Å²) in [6.45, 7) is 2.13. The van der Waals surface area contributed by atoms with Crippen LogP contribution in [0.1, 0.15) is 12.5 Å². The molecular weight excluding hydrogens is 283 g/mol. The number of hydrogen-bond acceptors (Lipinski definition) is 4. The van der Waals surface area contributed by atoms with Gasteiger partial charge in [0.05, 0.1) is 13.2 Å². The van der Waals surface area contributed by atoms with Crippen LogP contribution in [0.2, 0.25) is 0 Å². The Labute approximate surface area is 122 Å². The van der Waals surface area contributed by atoms with Crippen LogP contribution in [0, 0.1) is 5.82 Å². The minimum absolute atomic E-state index is 0.171. The quantitative estimate of drug-likeness (QED) is 0.926. The highest BCUT2D eigenvalue weighted by atomic mass is 32.2. The lowest BCUT2D eigenvalue weighted by Gasteiger charge is -2.31. The summed E-state index contributed by atoms with van der Waals surface area (Å²) in [6, 6.07) is 5.07. The van der Waals surface area contributed by atoms with Crippen LogP contribution in [0.5, 0.6) is 5.75 Å². The monoisotopic (exact) mass is 302 g/mol. The fourth-order valence-corrected chi connectivity index (χ4v) is 5.13. The second-order valence-electron chi connectivity index (χ2n) is 4.62. The van der Waals surface area contributed by atoms with Crippen molar-refractivity contribution in [1.29, 1.82) is 0 Å². The predicted octanol–water partition coefficient (Wildman–Crippen LogP) is 2.97. The number of methoxy groups -OCH3 is 1. The SMILES string of the molecule is COc1cccc(CC(O)C2SCCSC2C)c1F. The van der Waals surface area contributed by atoms with Gasteiger partial charge in [0, 0.05) is 28.4 Å². The third kappa shape index (κ3) is 3.58. The van der Waals surface area contributed by atoms with Gasteiger partial charge in [-0.15, -0.1) is 0 Å². The smallest absolute Gasteiger partial charge is 0.168 e. The van der Waals surface area contributed by atoms with Crippen molar-refractivity contribution in [2.24, 2.45) is 0 Å². The molecule has 0 saturated carbocycles. The van der Waals surface area contributed by atoms with E-state index in [2.05, 4.69) is 6.92 Å². The van der Waals surface area contributed by atoms with Gasteiger partial charge in [-0.25, -0.2) is 4.39 Å². The van der Waals surface area contributed by atoms with Crippen molar-refractivity contribution in [2.45, 2.75) is 29.9 Å². The van der Waals surface area contributed by atoms with Crippen molar-refractivity contribution < 1.29 is 14.2 Å². The van der Waals surface area contributed by atoms with Crippen LogP contribution in [-0.2, 0) is 6.42 Å². The third-order valence-electron chi connectivity index (χ3n) is 3.31. The summed E-state index contributed by atoms with van der Waals surface area (Å²) < 4.78 is 19.0. The van der Waals surface area contributed by atoms with E-state index >= 15 is 0 Å². The van der Waals surface area contributed by atoms with Crippen molar-refractivity contribution in [3.8, 4) is 5.75 Å². The van der Waals surface area contributed by atoms with Gasteiger partial charge in [-0.1, -0.05) is 19.1 Å². The standard InChI is InChI=1S/C14H19FO2S2/c1-9-14(19-7-6-18-9)11(16)8-10-4-3-5-12(17-2)13(10)15/h3-5,9,11,14,16H,6-8H2,1-2H3. The number of thioether (sulfide) groups is 2. The van der Waals surface area contributed by atoms with E-state index < -0.39 is 6.10 Å². The highest BCUT2D eigenvalue weighted by Crippen LogP contribution is 2.34. The van der Waals surface area contributed by atoms with Gasteiger partial charge >= 0.3 is 0 Å². The molecule has 0 spiro atoms. The van der Waals surface area contributed by atoms with Gasteiger partial charge in [0.2, 0.25) is 0 Å². The Morgan fingerprint density at radius 2 is 2.16 bits per heavy atom. The fraction of sp³-hybridized carbons (Fsp3) is 0.571. The molecule has 0 radical (unpaired) electrons. The van der Waals surface area contributed by atoms with E-state index in [0.717, 1.165) is 11.5 Å². The fourth-order valence-electron chi connectivity index (χ4n) is 2.29. The molecule has 19 heavy (non-hydrogen) atoms. The lowest BCUT2D eigenvalue weighted by molar-refractivity contribution is 0.170. The van der Waals surface area contributed by atoms with Crippen LogP contribution in [0.25, 0.3) is 0 Å². The van der Waals surface area contributed by atoms with E-state index in [9.17, 15) is 9.50 Å². The van der Waals surface area contributed by atoms with Gasteiger partial charge < -0.3 is 9.84 Å². The molecule has 1 fully saturated rings. The van der Waals surface area contributed by atoms with E-state index in [4.69, 9.17) is 4.74 Å². The van der Waals surface area contributed by atoms with Gasteiger partial charge in [0.25, 0.3) is 0 Å². The average Bonchev–Trinajstić information content (AvgIpc) is 2.41. The maximum absolute atomic E-state index is 14.0. The first-order chi connectivity index (χ1) is 9.13. The molecular formula is C14H19FO2S2. The zero-order valence-electron chi connectivity index (χ0n) is 11.1.